The predicted molar refractivity (Wildman–Crippen MR) is 84.0 cm³/mol. The zero-order valence-corrected chi connectivity index (χ0v) is 12.9. The number of ether oxygens (including phenoxy) is 2. The highest BCUT2D eigenvalue weighted by molar-refractivity contribution is 6.04. The normalized spacial score (nSPS) is 14.3. The molecule has 3 N–H and O–H groups in total. The van der Waals surface area contributed by atoms with Crippen molar-refractivity contribution in [3.63, 3.8) is 0 Å². The fraction of sp³-hybridized carbons (Fsp3) is 0.125. The summed E-state index contributed by atoms with van der Waals surface area (Å²) in [5.41, 5.74) is 8.09. The number of nitrogens with zero attached hydrogens (tertiary/aromatic N) is 1. The molecule has 0 radical (unpaired) electrons. The number of cyclic esters (lactones) is 1. The fourth-order valence-electron chi connectivity index (χ4n) is 2.32. The van der Waals surface area contributed by atoms with Gasteiger partial charge >= 0.3 is 12.5 Å². The lowest BCUT2D eigenvalue weighted by Crippen LogP contribution is -2.30. The van der Waals surface area contributed by atoms with Crippen molar-refractivity contribution >= 4 is 17.5 Å². The Morgan fingerprint density at radius 2 is 1.88 bits per heavy atom. The van der Waals surface area contributed by atoms with E-state index >= 15 is 0 Å². The highest BCUT2D eigenvalue weighted by atomic mass is 19.4. The molecule has 0 fully saturated rings. The summed E-state index contributed by atoms with van der Waals surface area (Å²) in [4.78, 5) is 10.9. The molecule has 0 saturated carbocycles. The first-order valence-electron chi connectivity index (χ1n) is 7.18. The topological polar surface area (TPSA) is 85.9 Å². The molecule has 1 aliphatic heterocycles. The molecule has 10 heteroatoms. The van der Waals surface area contributed by atoms with Gasteiger partial charge in [-0.05, 0) is 29.8 Å². The number of hydrogen-bond donors (Lipinski definition) is 2. The Balaban J connectivity index is 2.06. The van der Waals surface area contributed by atoms with E-state index < -0.39 is 24.0 Å². The van der Waals surface area contributed by atoms with Gasteiger partial charge in [-0.3, -0.25) is 0 Å². The highest BCUT2D eigenvalue weighted by Crippen LogP contribution is 2.36. The van der Waals surface area contributed by atoms with Crippen LogP contribution in [0.1, 0.15) is 5.56 Å². The van der Waals surface area contributed by atoms with E-state index in [1.54, 1.807) is 0 Å². The van der Waals surface area contributed by atoms with Crippen molar-refractivity contribution < 1.29 is 31.8 Å². The number of halogens is 4. The average Bonchev–Trinajstić information content (AvgIpc) is 2.57. The lowest BCUT2D eigenvalue weighted by atomic mass is 10.00. The first kappa shape index (κ1) is 17.5. The third-order valence-electron chi connectivity index (χ3n) is 3.47. The molecule has 0 atom stereocenters. The van der Waals surface area contributed by atoms with Gasteiger partial charge in [0.2, 0.25) is 0 Å². The lowest BCUT2D eigenvalue weighted by Gasteiger charge is -2.17. The molecule has 26 heavy (non-hydrogen) atoms. The van der Waals surface area contributed by atoms with Gasteiger partial charge in [0.25, 0.3) is 0 Å². The van der Waals surface area contributed by atoms with Crippen molar-refractivity contribution in [1.29, 1.82) is 0 Å². The highest BCUT2D eigenvalue weighted by Gasteiger charge is 2.32. The molecule has 6 nitrogen and oxygen atoms in total. The Kier molecular flexibility index (Phi) is 4.41. The Morgan fingerprint density at radius 3 is 2.50 bits per heavy atom. The number of nitrogens with two attached hydrogens (primary N) is 1. The number of benzene rings is 2. The Morgan fingerprint density at radius 1 is 1.15 bits per heavy atom. The number of anilines is 1. The van der Waals surface area contributed by atoms with Gasteiger partial charge in [0.1, 0.15) is 23.9 Å². The lowest BCUT2D eigenvalue weighted by molar-refractivity contribution is -0.274. The molecule has 1 aliphatic rings. The van der Waals surface area contributed by atoms with Crippen LogP contribution in [-0.2, 0) is 4.74 Å². The maximum Gasteiger partial charge on any atom is 0.573 e. The molecule has 0 unspecified atom stereocenters. The van der Waals surface area contributed by atoms with Gasteiger partial charge in [-0.25, -0.2) is 14.6 Å². The second-order valence-electron chi connectivity index (χ2n) is 5.24. The molecular formula is C16H11F4N3O3. The largest absolute Gasteiger partial charge is 0.573 e. The van der Waals surface area contributed by atoms with Crippen LogP contribution in [0.25, 0.3) is 11.1 Å². The van der Waals surface area contributed by atoms with E-state index in [0.29, 0.717) is 0 Å². The van der Waals surface area contributed by atoms with Crippen LogP contribution in [0.15, 0.2) is 41.5 Å². The number of nitrogen functional groups attached to an aromatic ring is 1. The summed E-state index contributed by atoms with van der Waals surface area (Å²) in [6.07, 6.45) is -5.71. The van der Waals surface area contributed by atoms with Gasteiger partial charge in [0.15, 0.2) is 0 Å². The van der Waals surface area contributed by atoms with Crippen LogP contribution in [0.5, 0.6) is 5.75 Å². The quantitative estimate of drug-likeness (QED) is 0.641. The van der Waals surface area contributed by atoms with E-state index in [1.807, 2.05) is 0 Å². The maximum atomic E-state index is 13.3. The van der Waals surface area contributed by atoms with Gasteiger partial charge < -0.3 is 15.2 Å². The molecule has 0 saturated heterocycles. The number of carbonyl (C=O) groups is 1. The van der Waals surface area contributed by atoms with E-state index in [2.05, 4.69) is 15.3 Å². The van der Waals surface area contributed by atoms with Crippen molar-refractivity contribution in [2.75, 3.05) is 12.3 Å². The number of hydrogen-bond acceptors (Lipinski definition) is 5. The molecule has 1 amide bonds. The smallest absolute Gasteiger partial charge is 0.442 e. The summed E-state index contributed by atoms with van der Waals surface area (Å²) >= 11 is 0. The molecular weight excluding hydrogens is 358 g/mol. The number of nitrogens with one attached hydrogen (secondary N) is 1. The molecule has 0 aromatic heterocycles. The summed E-state index contributed by atoms with van der Waals surface area (Å²) in [6.45, 7) is -0.208. The summed E-state index contributed by atoms with van der Waals surface area (Å²) in [5.74, 6) is -1.21. The van der Waals surface area contributed by atoms with Crippen molar-refractivity contribution in [2.24, 2.45) is 5.10 Å². The molecule has 0 bridgehead atoms. The van der Waals surface area contributed by atoms with Crippen LogP contribution in [0.3, 0.4) is 0 Å². The Hall–Kier alpha value is -3.30. The van der Waals surface area contributed by atoms with Crippen molar-refractivity contribution in [3.05, 3.63) is 47.8 Å². The fourth-order valence-corrected chi connectivity index (χ4v) is 2.32. The Bertz CT molecular complexity index is 897. The molecule has 0 aliphatic carbocycles. The zero-order chi connectivity index (χ0) is 18.9. The van der Waals surface area contributed by atoms with Gasteiger partial charge in [-0.1, -0.05) is 12.1 Å². The SMILES string of the molecule is Nc1cc(-c2ccc(C3=NNC(=O)OC3)cc2OC(F)(F)F)ccc1F. The van der Waals surface area contributed by atoms with Gasteiger partial charge in [0, 0.05) is 11.1 Å². The second-order valence-corrected chi connectivity index (χ2v) is 5.24. The van der Waals surface area contributed by atoms with Crippen molar-refractivity contribution in [1.82, 2.24) is 5.43 Å². The van der Waals surface area contributed by atoms with Gasteiger partial charge in [0.05, 0.1) is 5.69 Å². The standard InChI is InChI=1S/C16H11F4N3O3/c17-11-4-2-8(5-12(11)21)10-3-1-9(6-14(10)26-16(18,19)20)13-7-25-15(24)23-22-13/h1-6H,7,21H2,(H,23,24). The van der Waals surface area contributed by atoms with Crippen LogP contribution < -0.4 is 15.9 Å². The van der Waals surface area contributed by atoms with E-state index in [1.165, 1.54) is 24.3 Å². The predicted octanol–water partition coefficient (Wildman–Crippen LogP) is 3.42. The minimum Gasteiger partial charge on any atom is -0.442 e. The number of rotatable bonds is 3. The van der Waals surface area contributed by atoms with Gasteiger partial charge in [-0.2, -0.15) is 5.10 Å². The molecule has 1 heterocycles. The second kappa shape index (κ2) is 6.54. The van der Waals surface area contributed by atoms with E-state index in [9.17, 15) is 22.4 Å². The minimum atomic E-state index is -4.95. The average molecular weight is 369 g/mol. The first-order chi connectivity index (χ1) is 12.2. The summed E-state index contributed by atoms with van der Waals surface area (Å²) < 4.78 is 60.5. The van der Waals surface area contributed by atoms with Crippen molar-refractivity contribution in [2.45, 2.75) is 6.36 Å². The maximum absolute atomic E-state index is 13.3. The third-order valence-corrected chi connectivity index (χ3v) is 3.47. The minimum absolute atomic E-state index is 0.0548. The molecule has 3 rings (SSSR count). The molecule has 0 spiro atoms. The Labute approximate surface area is 144 Å². The number of hydrazone groups is 1. The number of alkyl halides is 3. The van der Waals surface area contributed by atoms with Crippen LogP contribution in [-0.4, -0.2) is 24.8 Å². The summed E-state index contributed by atoms with van der Waals surface area (Å²) in [7, 11) is 0. The monoisotopic (exact) mass is 369 g/mol. The summed E-state index contributed by atoms with van der Waals surface area (Å²) in [6, 6.07) is 7.45. The van der Waals surface area contributed by atoms with Gasteiger partial charge in [-0.15, -0.1) is 13.2 Å². The third kappa shape index (κ3) is 3.85. The van der Waals surface area contributed by atoms with Crippen LogP contribution in [0, 0.1) is 5.82 Å². The number of carbonyl (C=O) groups excluding carboxylic acids is 1. The summed E-state index contributed by atoms with van der Waals surface area (Å²) in [5, 5.41) is 3.73. The molecule has 2 aromatic carbocycles. The first-order valence-corrected chi connectivity index (χ1v) is 7.18. The van der Waals surface area contributed by atoms with E-state index in [-0.39, 0.29) is 34.7 Å². The van der Waals surface area contributed by atoms with E-state index in [4.69, 9.17) is 10.5 Å². The van der Waals surface area contributed by atoms with Crippen LogP contribution in [0.2, 0.25) is 0 Å². The molecule has 136 valence electrons. The number of amides is 1. The van der Waals surface area contributed by atoms with E-state index in [0.717, 1.165) is 12.1 Å². The molecule has 2 aromatic rings. The zero-order valence-electron chi connectivity index (χ0n) is 12.9. The van der Waals surface area contributed by atoms with Crippen molar-refractivity contribution in [3.8, 4) is 16.9 Å². The van der Waals surface area contributed by atoms with Crippen LogP contribution in [0.4, 0.5) is 28.0 Å². The van der Waals surface area contributed by atoms with Crippen LogP contribution >= 0.6 is 0 Å².